The van der Waals surface area contributed by atoms with Gasteiger partial charge in [0.15, 0.2) is 11.5 Å². The van der Waals surface area contributed by atoms with Crippen molar-refractivity contribution in [1.29, 1.82) is 0 Å². The Hall–Kier alpha value is -1.22. The molecule has 1 aromatic carbocycles. The molecule has 0 aliphatic carbocycles. The van der Waals surface area contributed by atoms with Gasteiger partial charge >= 0.3 is 0 Å². The fraction of sp³-hybridized carbons (Fsp3) is 0.647. The van der Waals surface area contributed by atoms with Crippen molar-refractivity contribution in [3.8, 4) is 11.5 Å². The van der Waals surface area contributed by atoms with Gasteiger partial charge in [0.05, 0.1) is 7.11 Å². The van der Waals surface area contributed by atoms with Crippen LogP contribution in [-0.2, 0) is 6.54 Å². The molecular weight excluding hydrogens is 250 g/mol. The SMILES string of the molecule is COc1cccc(CNCCCCCCC(C)C)c1O. The molecule has 0 aliphatic rings. The van der Waals surface area contributed by atoms with E-state index in [1.54, 1.807) is 13.2 Å². The maximum absolute atomic E-state index is 9.95. The molecule has 1 rings (SSSR count). The molecule has 3 nitrogen and oxygen atoms in total. The predicted octanol–water partition coefficient (Wildman–Crippen LogP) is 4.10. The highest BCUT2D eigenvalue weighted by molar-refractivity contribution is 5.45. The average Bonchev–Trinajstić information content (AvgIpc) is 2.43. The first kappa shape index (κ1) is 16.8. The molecule has 0 fully saturated rings. The van der Waals surface area contributed by atoms with E-state index in [1.807, 2.05) is 12.1 Å². The number of rotatable bonds is 10. The van der Waals surface area contributed by atoms with Crippen LogP contribution < -0.4 is 10.1 Å². The molecule has 0 unspecified atom stereocenters. The summed E-state index contributed by atoms with van der Waals surface area (Å²) in [7, 11) is 1.57. The molecule has 2 N–H and O–H groups in total. The summed E-state index contributed by atoms with van der Waals surface area (Å²) in [6.07, 6.45) is 6.48. The Labute approximate surface area is 123 Å². The van der Waals surface area contributed by atoms with Crippen molar-refractivity contribution in [2.24, 2.45) is 5.92 Å². The number of para-hydroxylation sites is 1. The Bertz CT molecular complexity index is 377. The Morgan fingerprint density at radius 3 is 2.60 bits per heavy atom. The van der Waals surface area contributed by atoms with Crippen molar-refractivity contribution in [3.05, 3.63) is 23.8 Å². The van der Waals surface area contributed by atoms with Crippen LogP contribution in [0.1, 0.15) is 51.5 Å². The minimum atomic E-state index is 0.249. The molecule has 0 bridgehead atoms. The minimum Gasteiger partial charge on any atom is -0.504 e. The standard InChI is InChI=1S/C17H29NO2/c1-14(2)9-6-4-5-7-12-18-13-15-10-8-11-16(20-3)17(15)19/h8,10-11,14,18-19H,4-7,9,12-13H2,1-3H3. The highest BCUT2D eigenvalue weighted by Gasteiger charge is 2.06. The summed E-state index contributed by atoms with van der Waals surface area (Å²) >= 11 is 0. The van der Waals surface area contributed by atoms with Gasteiger partial charge in [0.2, 0.25) is 0 Å². The van der Waals surface area contributed by atoms with Crippen molar-refractivity contribution in [3.63, 3.8) is 0 Å². The van der Waals surface area contributed by atoms with Crippen molar-refractivity contribution in [1.82, 2.24) is 5.32 Å². The molecule has 0 saturated heterocycles. The summed E-state index contributed by atoms with van der Waals surface area (Å²) in [6, 6.07) is 5.60. The summed E-state index contributed by atoms with van der Waals surface area (Å²) in [4.78, 5) is 0. The summed E-state index contributed by atoms with van der Waals surface area (Å²) in [6.45, 7) is 6.25. The van der Waals surface area contributed by atoms with Gasteiger partial charge in [0, 0.05) is 12.1 Å². The molecule has 20 heavy (non-hydrogen) atoms. The number of hydrogen-bond donors (Lipinski definition) is 2. The van der Waals surface area contributed by atoms with Crippen LogP contribution in [0, 0.1) is 5.92 Å². The van der Waals surface area contributed by atoms with Gasteiger partial charge in [0.25, 0.3) is 0 Å². The van der Waals surface area contributed by atoms with Crippen LogP contribution in [0.3, 0.4) is 0 Å². The van der Waals surface area contributed by atoms with Crippen molar-refractivity contribution >= 4 is 0 Å². The number of hydrogen-bond acceptors (Lipinski definition) is 3. The Balaban J connectivity index is 2.12. The first-order valence-corrected chi connectivity index (χ1v) is 7.70. The van der Waals surface area contributed by atoms with Gasteiger partial charge in [-0.15, -0.1) is 0 Å². The third-order valence-corrected chi connectivity index (χ3v) is 3.50. The lowest BCUT2D eigenvalue weighted by atomic mass is 10.0. The lowest BCUT2D eigenvalue weighted by Gasteiger charge is -2.10. The second-order valence-electron chi connectivity index (χ2n) is 5.74. The normalized spacial score (nSPS) is 11.0. The van der Waals surface area contributed by atoms with E-state index in [0.29, 0.717) is 12.3 Å². The Morgan fingerprint density at radius 1 is 1.15 bits per heavy atom. The van der Waals surface area contributed by atoms with Gasteiger partial charge < -0.3 is 15.2 Å². The van der Waals surface area contributed by atoms with Crippen LogP contribution in [0.25, 0.3) is 0 Å². The maximum Gasteiger partial charge on any atom is 0.162 e. The summed E-state index contributed by atoms with van der Waals surface area (Å²) < 4.78 is 5.10. The van der Waals surface area contributed by atoms with Crippen molar-refractivity contribution in [2.45, 2.75) is 52.5 Å². The van der Waals surface area contributed by atoms with E-state index in [1.165, 1.54) is 32.1 Å². The molecule has 1 aromatic rings. The molecule has 0 heterocycles. The fourth-order valence-electron chi connectivity index (χ4n) is 2.25. The Morgan fingerprint density at radius 2 is 1.90 bits per heavy atom. The summed E-state index contributed by atoms with van der Waals surface area (Å²) in [5.41, 5.74) is 0.893. The number of benzene rings is 1. The number of aromatic hydroxyl groups is 1. The van der Waals surface area contributed by atoms with Gasteiger partial charge in [0.1, 0.15) is 0 Å². The first-order chi connectivity index (χ1) is 9.65. The predicted molar refractivity (Wildman–Crippen MR) is 84.3 cm³/mol. The molecule has 0 aliphatic heterocycles. The molecule has 0 saturated carbocycles. The molecule has 0 amide bonds. The van der Waals surface area contributed by atoms with E-state index in [0.717, 1.165) is 18.0 Å². The zero-order valence-electron chi connectivity index (χ0n) is 13.1. The fourth-order valence-corrected chi connectivity index (χ4v) is 2.25. The van der Waals surface area contributed by atoms with E-state index in [2.05, 4.69) is 19.2 Å². The highest BCUT2D eigenvalue weighted by Crippen LogP contribution is 2.29. The molecular formula is C17H29NO2. The third kappa shape index (κ3) is 6.29. The van der Waals surface area contributed by atoms with Gasteiger partial charge in [-0.1, -0.05) is 51.7 Å². The smallest absolute Gasteiger partial charge is 0.162 e. The van der Waals surface area contributed by atoms with Crippen LogP contribution in [-0.4, -0.2) is 18.8 Å². The lowest BCUT2D eigenvalue weighted by molar-refractivity contribution is 0.369. The van der Waals surface area contributed by atoms with E-state index < -0.39 is 0 Å². The number of nitrogens with one attached hydrogen (secondary N) is 1. The molecule has 0 aromatic heterocycles. The van der Waals surface area contributed by atoms with Gasteiger partial charge in [-0.3, -0.25) is 0 Å². The number of ether oxygens (including phenoxy) is 1. The summed E-state index contributed by atoms with van der Waals surface area (Å²) in [5, 5.41) is 13.3. The number of phenolic OH excluding ortho intramolecular Hbond substituents is 1. The molecule has 3 heteroatoms. The molecule has 0 atom stereocenters. The third-order valence-electron chi connectivity index (χ3n) is 3.50. The zero-order valence-corrected chi connectivity index (χ0v) is 13.1. The van der Waals surface area contributed by atoms with Crippen LogP contribution in [0.4, 0.5) is 0 Å². The lowest BCUT2D eigenvalue weighted by Crippen LogP contribution is -2.14. The number of phenols is 1. The number of unbranched alkanes of at least 4 members (excludes halogenated alkanes) is 3. The maximum atomic E-state index is 9.95. The van der Waals surface area contributed by atoms with Crippen LogP contribution in [0.15, 0.2) is 18.2 Å². The van der Waals surface area contributed by atoms with Gasteiger partial charge in [-0.25, -0.2) is 0 Å². The van der Waals surface area contributed by atoms with E-state index in [4.69, 9.17) is 4.74 Å². The number of methoxy groups -OCH3 is 1. The molecule has 114 valence electrons. The van der Waals surface area contributed by atoms with E-state index in [9.17, 15) is 5.11 Å². The monoisotopic (exact) mass is 279 g/mol. The van der Waals surface area contributed by atoms with Crippen molar-refractivity contribution < 1.29 is 9.84 Å². The van der Waals surface area contributed by atoms with Gasteiger partial charge in [-0.05, 0) is 24.9 Å². The second kappa shape index (κ2) is 9.65. The van der Waals surface area contributed by atoms with Crippen molar-refractivity contribution in [2.75, 3.05) is 13.7 Å². The average molecular weight is 279 g/mol. The largest absolute Gasteiger partial charge is 0.504 e. The Kier molecular flexibility index (Phi) is 8.12. The van der Waals surface area contributed by atoms with Crippen LogP contribution in [0.5, 0.6) is 11.5 Å². The van der Waals surface area contributed by atoms with Gasteiger partial charge in [-0.2, -0.15) is 0 Å². The van der Waals surface area contributed by atoms with Crippen LogP contribution in [0.2, 0.25) is 0 Å². The topological polar surface area (TPSA) is 41.5 Å². The van der Waals surface area contributed by atoms with E-state index in [-0.39, 0.29) is 5.75 Å². The highest BCUT2D eigenvalue weighted by atomic mass is 16.5. The molecule has 0 spiro atoms. The quantitative estimate of drug-likeness (QED) is 0.634. The summed E-state index contributed by atoms with van der Waals surface area (Å²) in [5.74, 6) is 1.61. The second-order valence-corrected chi connectivity index (χ2v) is 5.74. The van der Waals surface area contributed by atoms with E-state index >= 15 is 0 Å². The zero-order chi connectivity index (χ0) is 14.8. The minimum absolute atomic E-state index is 0.249. The molecule has 0 radical (unpaired) electrons. The first-order valence-electron chi connectivity index (χ1n) is 7.70. The van der Waals surface area contributed by atoms with Crippen LogP contribution >= 0.6 is 0 Å².